The number of carbonyl (C=O) groups excluding carboxylic acids is 1. The van der Waals surface area contributed by atoms with Crippen LogP contribution in [0.25, 0.3) is 0 Å². The van der Waals surface area contributed by atoms with E-state index in [1.807, 2.05) is 60.7 Å². The third kappa shape index (κ3) is 8.35. The SMILES string of the molecule is COCO[C@@H]([C@H](O)[C@H]1C(OC)=CC(=O)N1Cc1ccc(OC)cc1)[C@H](CO[Si](c1ccccc1)(c1ccccc1)C(C)(C)C)OCOC. The molecule has 4 rings (SSSR count). The van der Waals surface area contributed by atoms with Crippen LogP contribution in [-0.4, -0.2) is 97.2 Å². The standard InChI is InChI=1S/C37H49NO9Si/c1-37(2,3)48(29-14-10-8-11-15-29,30-16-12-9-13-17-30)47-24-32(45-25-41-4)36(46-26-42-5)35(40)34-31(44-7)22-33(39)38(34)23-27-18-20-28(43-6)21-19-27/h8-22,32,34-36,40H,23-26H2,1-7H3/t32-,34+,35+,36+/m0/s1. The minimum atomic E-state index is -3.00. The molecule has 1 N–H and O–H groups in total. The van der Waals surface area contributed by atoms with E-state index in [0.717, 1.165) is 15.9 Å². The van der Waals surface area contributed by atoms with Gasteiger partial charge in [-0.15, -0.1) is 0 Å². The number of methoxy groups -OCH3 is 4. The van der Waals surface area contributed by atoms with Gasteiger partial charge in [0.2, 0.25) is 0 Å². The predicted octanol–water partition coefficient (Wildman–Crippen LogP) is 3.85. The summed E-state index contributed by atoms with van der Waals surface area (Å²) in [5, 5.41) is 14.1. The fourth-order valence-corrected chi connectivity index (χ4v) is 10.9. The van der Waals surface area contributed by atoms with Crippen LogP contribution in [0.1, 0.15) is 26.3 Å². The van der Waals surface area contributed by atoms with Crippen LogP contribution < -0.4 is 15.1 Å². The molecule has 1 amide bonds. The van der Waals surface area contributed by atoms with Gasteiger partial charge in [-0.05, 0) is 33.1 Å². The first-order chi connectivity index (χ1) is 23.1. The maximum Gasteiger partial charge on any atom is 0.261 e. The van der Waals surface area contributed by atoms with Gasteiger partial charge < -0.3 is 42.9 Å². The molecule has 1 aliphatic heterocycles. The molecule has 0 aliphatic carbocycles. The first-order valence-electron chi connectivity index (χ1n) is 15.9. The zero-order valence-corrected chi connectivity index (χ0v) is 30.0. The van der Waals surface area contributed by atoms with Crippen LogP contribution in [-0.2, 0) is 39.4 Å². The largest absolute Gasteiger partial charge is 0.499 e. The van der Waals surface area contributed by atoms with E-state index in [1.54, 1.807) is 12.0 Å². The summed E-state index contributed by atoms with van der Waals surface area (Å²) in [5.74, 6) is 0.714. The number of aliphatic hydroxyl groups is 1. The average Bonchev–Trinajstić information content (AvgIpc) is 3.41. The molecule has 260 valence electrons. The molecule has 10 nitrogen and oxygen atoms in total. The van der Waals surface area contributed by atoms with Crippen molar-refractivity contribution in [3.05, 3.63) is 102 Å². The second kappa shape index (κ2) is 17.2. The molecule has 11 heteroatoms. The van der Waals surface area contributed by atoms with E-state index in [9.17, 15) is 9.90 Å². The Bertz CT molecular complexity index is 1410. The lowest BCUT2D eigenvalue weighted by Gasteiger charge is -2.44. The van der Waals surface area contributed by atoms with E-state index >= 15 is 0 Å². The first kappa shape index (κ1) is 37.3. The van der Waals surface area contributed by atoms with Crippen LogP contribution in [0.2, 0.25) is 5.04 Å². The Morgan fingerprint density at radius 2 is 1.35 bits per heavy atom. The molecule has 0 radical (unpaired) electrons. The molecule has 4 atom stereocenters. The third-order valence-corrected chi connectivity index (χ3v) is 13.6. The van der Waals surface area contributed by atoms with E-state index in [0.29, 0.717) is 11.5 Å². The van der Waals surface area contributed by atoms with Gasteiger partial charge in [0, 0.05) is 26.8 Å². The van der Waals surface area contributed by atoms with E-state index in [1.165, 1.54) is 27.4 Å². The molecule has 0 fully saturated rings. The summed E-state index contributed by atoms with van der Waals surface area (Å²) >= 11 is 0. The number of nitrogens with zero attached hydrogens (tertiary/aromatic N) is 1. The van der Waals surface area contributed by atoms with Gasteiger partial charge in [0.05, 0.1) is 20.8 Å². The minimum Gasteiger partial charge on any atom is -0.499 e. The lowest BCUT2D eigenvalue weighted by molar-refractivity contribution is -0.200. The summed E-state index contributed by atoms with van der Waals surface area (Å²) in [6.45, 7) is 6.61. The average molecular weight is 680 g/mol. The summed E-state index contributed by atoms with van der Waals surface area (Å²) < 4.78 is 41.2. The maximum atomic E-state index is 13.3. The zero-order chi connectivity index (χ0) is 34.7. The van der Waals surface area contributed by atoms with Gasteiger partial charge in [0.1, 0.15) is 49.4 Å². The fraction of sp³-hybridized carbons (Fsp3) is 0.432. The number of aliphatic hydroxyl groups excluding tert-OH is 1. The molecule has 1 heterocycles. The smallest absolute Gasteiger partial charge is 0.261 e. The quantitative estimate of drug-likeness (QED) is 0.159. The lowest BCUT2D eigenvalue weighted by Crippen LogP contribution is -2.67. The molecular formula is C37H49NO9Si. The highest BCUT2D eigenvalue weighted by molar-refractivity contribution is 6.99. The number of hydrogen-bond acceptors (Lipinski definition) is 9. The third-order valence-electron chi connectivity index (χ3n) is 8.61. The Labute approximate surface area is 285 Å². The topological polar surface area (TPSA) is 105 Å². The molecule has 0 unspecified atom stereocenters. The van der Waals surface area contributed by atoms with Gasteiger partial charge in [-0.3, -0.25) is 4.79 Å². The molecule has 1 aliphatic rings. The number of hydrogen-bond donors (Lipinski definition) is 1. The van der Waals surface area contributed by atoms with Crippen molar-refractivity contribution in [2.24, 2.45) is 0 Å². The lowest BCUT2D eigenvalue weighted by atomic mass is 9.99. The molecule has 3 aromatic rings. The van der Waals surface area contributed by atoms with Crippen molar-refractivity contribution < 1.29 is 42.7 Å². The van der Waals surface area contributed by atoms with Crippen LogP contribution >= 0.6 is 0 Å². The molecular weight excluding hydrogens is 630 g/mol. The van der Waals surface area contributed by atoms with Gasteiger partial charge in [0.25, 0.3) is 14.2 Å². The minimum absolute atomic E-state index is 0.0489. The van der Waals surface area contributed by atoms with Crippen LogP contribution in [0.4, 0.5) is 0 Å². The molecule has 0 saturated heterocycles. The van der Waals surface area contributed by atoms with E-state index in [-0.39, 0.29) is 37.7 Å². The zero-order valence-electron chi connectivity index (χ0n) is 29.0. The number of benzene rings is 3. The summed E-state index contributed by atoms with van der Waals surface area (Å²) in [6.07, 6.45) is -1.77. The highest BCUT2D eigenvalue weighted by Crippen LogP contribution is 2.37. The Kier molecular flexibility index (Phi) is 13.4. The van der Waals surface area contributed by atoms with Gasteiger partial charge in [0.15, 0.2) is 0 Å². The van der Waals surface area contributed by atoms with Crippen molar-refractivity contribution in [2.45, 2.75) is 56.7 Å². The first-order valence-corrected chi connectivity index (χ1v) is 17.8. The predicted molar refractivity (Wildman–Crippen MR) is 186 cm³/mol. The van der Waals surface area contributed by atoms with Gasteiger partial charge in [-0.2, -0.15) is 0 Å². The van der Waals surface area contributed by atoms with Gasteiger partial charge in [-0.25, -0.2) is 0 Å². The Balaban J connectivity index is 1.73. The molecule has 48 heavy (non-hydrogen) atoms. The Hall–Kier alpha value is -3.55. The highest BCUT2D eigenvalue weighted by Gasteiger charge is 2.52. The Morgan fingerprint density at radius 3 is 1.85 bits per heavy atom. The molecule has 0 bridgehead atoms. The number of amides is 1. The summed E-state index contributed by atoms with van der Waals surface area (Å²) in [6, 6.07) is 27.0. The van der Waals surface area contributed by atoms with Gasteiger partial charge >= 0.3 is 0 Å². The monoisotopic (exact) mass is 679 g/mol. The van der Waals surface area contributed by atoms with Crippen molar-refractivity contribution >= 4 is 24.6 Å². The second-order valence-electron chi connectivity index (χ2n) is 12.6. The molecule has 0 spiro atoms. The van der Waals surface area contributed by atoms with Crippen molar-refractivity contribution in [1.29, 1.82) is 0 Å². The van der Waals surface area contributed by atoms with Crippen molar-refractivity contribution in [3.63, 3.8) is 0 Å². The number of carbonyl (C=O) groups is 1. The molecule has 0 saturated carbocycles. The van der Waals surface area contributed by atoms with Crippen molar-refractivity contribution in [2.75, 3.05) is 48.6 Å². The van der Waals surface area contributed by atoms with Crippen LogP contribution in [0.15, 0.2) is 96.8 Å². The number of ether oxygens (including phenoxy) is 6. The second-order valence-corrected chi connectivity index (χ2v) is 16.9. The molecule has 3 aromatic carbocycles. The summed E-state index contributed by atoms with van der Waals surface area (Å²) in [5.41, 5.74) is 0.851. The van der Waals surface area contributed by atoms with E-state index in [2.05, 4.69) is 45.0 Å². The fourth-order valence-electron chi connectivity index (χ4n) is 6.33. The summed E-state index contributed by atoms with van der Waals surface area (Å²) in [4.78, 5) is 14.9. The van der Waals surface area contributed by atoms with Crippen LogP contribution in [0.3, 0.4) is 0 Å². The molecule has 0 aromatic heterocycles. The summed E-state index contributed by atoms with van der Waals surface area (Å²) in [7, 11) is 3.11. The van der Waals surface area contributed by atoms with Crippen LogP contribution in [0, 0.1) is 0 Å². The normalized spacial score (nSPS) is 17.2. The van der Waals surface area contributed by atoms with Crippen LogP contribution in [0.5, 0.6) is 5.75 Å². The maximum absolute atomic E-state index is 13.3. The van der Waals surface area contributed by atoms with Crippen molar-refractivity contribution in [3.8, 4) is 5.75 Å². The van der Waals surface area contributed by atoms with E-state index < -0.39 is 32.7 Å². The number of rotatable bonds is 18. The highest BCUT2D eigenvalue weighted by atomic mass is 28.4. The van der Waals surface area contributed by atoms with Gasteiger partial charge in [-0.1, -0.05) is 93.6 Å². The van der Waals surface area contributed by atoms with Crippen molar-refractivity contribution in [1.82, 2.24) is 4.90 Å². The Morgan fingerprint density at radius 1 is 0.792 bits per heavy atom. The van der Waals surface area contributed by atoms with E-state index in [4.69, 9.17) is 32.8 Å².